The van der Waals surface area contributed by atoms with Gasteiger partial charge in [-0.25, -0.2) is 0 Å². The van der Waals surface area contributed by atoms with Gasteiger partial charge in [-0.3, -0.25) is 18.9 Å². The second-order valence-electron chi connectivity index (χ2n) is 13.3. The maximum atomic E-state index is 14.3. The highest BCUT2D eigenvalue weighted by molar-refractivity contribution is 7.52. The highest BCUT2D eigenvalue weighted by Crippen LogP contribution is 2.59. The summed E-state index contributed by atoms with van der Waals surface area (Å²) in [4.78, 5) is 63.7. The number of rotatable bonds is 7. The first kappa shape index (κ1) is 34.2. The van der Waals surface area contributed by atoms with Gasteiger partial charge in [0, 0.05) is 35.8 Å². The fraction of sp³-hybridized carbons (Fsp3) is 0.485. The van der Waals surface area contributed by atoms with E-state index in [1.807, 2.05) is 43.9 Å². The molecule has 2 aliphatic rings. The molecule has 3 aromatic rings. The Kier molecular flexibility index (Phi) is 9.76. The van der Waals surface area contributed by atoms with E-state index in [2.05, 4.69) is 17.4 Å². The molecule has 3 amide bonds. The van der Waals surface area contributed by atoms with Gasteiger partial charge in [0.25, 0.3) is 5.91 Å². The summed E-state index contributed by atoms with van der Waals surface area (Å²) >= 11 is 1.02. The van der Waals surface area contributed by atoms with Crippen LogP contribution in [0.4, 0.5) is 8.78 Å². The number of halogens is 2. The van der Waals surface area contributed by atoms with Crippen molar-refractivity contribution in [3.63, 3.8) is 0 Å². The monoisotopic (exact) mass is 675 g/mol. The Bertz CT molecular complexity index is 1650. The second-order valence-corrected chi connectivity index (χ2v) is 16.0. The molecular formula is C33H40F2N3O6PS. The lowest BCUT2D eigenvalue weighted by Gasteiger charge is -2.38. The minimum Gasteiger partial charge on any atom is -0.340 e. The molecule has 2 fully saturated rings. The van der Waals surface area contributed by atoms with Crippen LogP contribution in [0.5, 0.6) is 0 Å². The average molecular weight is 676 g/mol. The SMILES string of the molecule is CC(C)(C)C(NC(=O)c1cc2cc(C(F)(F)P(=O)(O)O)ccc2s1)C(=O)N1CCCCC[C@H]1C(=O)N1CC[C@@H](c2ccccc2)C1. The number of benzene rings is 2. The Morgan fingerprint density at radius 2 is 1.70 bits per heavy atom. The van der Waals surface area contributed by atoms with Crippen molar-refractivity contribution in [2.45, 2.75) is 76.5 Å². The molecule has 248 valence electrons. The normalized spacial score (nSPS) is 20.4. The van der Waals surface area contributed by atoms with Crippen molar-refractivity contribution in [1.82, 2.24) is 15.1 Å². The van der Waals surface area contributed by atoms with Gasteiger partial charge in [-0.1, -0.05) is 70.0 Å². The number of hydrogen-bond acceptors (Lipinski definition) is 5. The zero-order valence-electron chi connectivity index (χ0n) is 26.1. The van der Waals surface area contributed by atoms with E-state index in [1.165, 1.54) is 17.7 Å². The van der Waals surface area contributed by atoms with Crippen LogP contribution in [0.2, 0.25) is 0 Å². The number of amides is 3. The van der Waals surface area contributed by atoms with Crippen molar-refractivity contribution in [1.29, 1.82) is 0 Å². The standard InChI is InChI=1S/C33H40F2N3O6PS/c1-32(2,3)28(36-29(39)27-19-23-18-24(13-14-26(23)46-27)33(34,35)45(42,43)44)31(41)38-16-9-5-8-12-25(38)30(40)37-17-15-22(20-37)21-10-6-4-7-11-21/h4,6-7,10-11,13-14,18-19,22,25,28H,5,8-9,12,15-17,20H2,1-3H3,(H,36,39)(H2,42,43,44)/t22-,25+,28?/m1/s1. The summed E-state index contributed by atoms with van der Waals surface area (Å²) in [5.41, 5.74) is -4.78. The smallest absolute Gasteiger partial charge is 0.340 e. The summed E-state index contributed by atoms with van der Waals surface area (Å²) in [7, 11) is -5.76. The lowest BCUT2D eigenvalue weighted by molar-refractivity contribution is -0.147. The van der Waals surface area contributed by atoms with Crippen molar-refractivity contribution < 1.29 is 37.5 Å². The molecule has 0 radical (unpaired) electrons. The molecule has 0 saturated carbocycles. The molecular weight excluding hydrogens is 635 g/mol. The van der Waals surface area contributed by atoms with Crippen LogP contribution in [-0.4, -0.2) is 69.0 Å². The van der Waals surface area contributed by atoms with Gasteiger partial charge < -0.3 is 24.9 Å². The Morgan fingerprint density at radius 3 is 2.37 bits per heavy atom. The number of alkyl halides is 2. The van der Waals surface area contributed by atoms with Crippen LogP contribution in [-0.2, 0) is 19.8 Å². The Labute approximate surface area is 271 Å². The van der Waals surface area contributed by atoms with Gasteiger partial charge in [0.2, 0.25) is 11.8 Å². The molecule has 3 atom stereocenters. The maximum absolute atomic E-state index is 14.3. The van der Waals surface area contributed by atoms with E-state index in [9.17, 15) is 27.7 Å². The fourth-order valence-electron chi connectivity index (χ4n) is 6.32. The number of carbonyl (C=O) groups is 3. The highest BCUT2D eigenvalue weighted by atomic mass is 32.1. The minimum absolute atomic E-state index is 0.0694. The zero-order chi connectivity index (χ0) is 33.4. The number of thiophene rings is 1. The molecule has 1 unspecified atom stereocenters. The van der Waals surface area contributed by atoms with Crippen LogP contribution >= 0.6 is 18.9 Å². The predicted molar refractivity (Wildman–Crippen MR) is 173 cm³/mol. The number of nitrogens with one attached hydrogen (secondary N) is 1. The van der Waals surface area contributed by atoms with Crippen molar-refractivity contribution in [3.8, 4) is 0 Å². The molecule has 1 aromatic heterocycles. The van der Waals surface area contributed by atoms with Gasteiger partial charge >= 0.3 is 13.3 Å². The van der Waals surface area contributed by atoms with Gasteiger partial charge in [-0.05, 0) is 53.8 Å². The van der Waals surface area contributed by atoms with E-state index >= 15 is 0 Å². The van der Waals surface area contributed by atoms with E-state index < -0.39 is 42.2 Å². The molecule has 5 rings (SSSR count). The number of fused-ring (bicyclic) bond motifs is 1. The van der Waals surface area contributed by atoms with Gasteiger partial charge in [0.1, 0.15) is 12.1 Å². The first-order valence-corrected chi connectivity index (χ1v) is 17.9. The van der Waals surface area contributed by atoms with Gasteiger partial charge in [-0.2, -0.15) is 8.78 Å². The molecule has 13 heteroatoms. The van der Waals surface area contributed by atoms with E-state index in [0.717, 1.165) is 49.2 Å². The minimum atomic E-state index is -5.76. The first-order chi connectivity index (χ1) is 21.6. The summed E-state index contributed by atoms with van der Waals surface area (Å²) in [5.74, 6) is -0.757. The van der Waals surface area contributed by atoms with Gasteiger partial charge in [0.15, 0.2) is 0 Å². The maximum Gasteiger partial charge on any atom is 0.399 e. The van der Waals surface area contributed by atoms with Crippen LogP contribution in [0.25, 0.3) is 10.1 Å². The Hall–Kier alpha value is -3.18. The Morgan fingerprint density at radius 1 is 0.978 bits per heavy atom. The predicted octanol–water partition coefficient (Wildman–Crippen LogP) is 6.06. The molecule has 3 N–H and O–H groups in total. The summed E-state index contributed by atoms with van der Waals surface area (Å²) < 4.78 is 40.5. The van der Waals surface area contributed by atoms with Gasteiger partial charge in [0.05, 0.1) is 4.88 Å². The molecule has 0 aliphatic carbocycles. The topological polar surface area (TPSA) is 127 Å². The molecule has 3 heterocycles. The van der Waals surface area contributed by atoms with Crippen molar-refractivity contribution in [2.75, 3.05) is 19.6 Å². The molecule has 46 heavy (non-hydrogen) atoms. The van der Waals surface area contributed by atoms with Crippen LogP contribution in [0.15, 0.2) is 54.6 Å². The molecule has 2 aromatic carbocycles. The van der Waals surface area contributed by atoms with Crippen molar-refractivity contribution in [2.24, 2.45) is 5.41 Å². The van der Waals surface area contributed by atoms with E-state index in [0.29, 0.717) is 30.8 Å². The van der Waals surface area contributed by atoms with E-state index in [-0.39, 0.29) is 28.0 Å². The van der Waals surface area contributed by atoms with E-state index in [1.54, 1.807) is 4.90 Å². The molecule has 9 nitrogen and oxygen atoms in total. The van der Waals surface area contributed by atoms with E-state index in [4.69, 9.17) is 9.79 Å². The largest absolute Gasteiger partial charge is 0.399 e. The van der Waals surface area contributed by atoms with Crippen LogP contribution in [0, 0.1) is 5.41 Å². The summed E-state index contributed by atoms with van der Waals surface area (Å²) in [6.07, 6.45) is 3.83. The Balaban J connectivity index is 1.36. The second kappa shape index (κ2) is 13.1. The zero-order valence-corrected chi connectivity index (χ0v) is 27.8. The molecule has 2 saturated heterocycles. The summed E-state index contributed by atoms with van der Waals surface area (Å²) in [6.45, 7) is 7.09. The average Bonchev–Trinajstić information content (AvgIpc) is 3.59. The lowest BCUT2D eigenvalue weighted by atomic mass is 9.85. The number of nitrogens with zero attached hydrogens (tertiary/aromatic N) is 2. The quantitative estimate of drug-likeness (QED) is 0.262. The molecule has 2 aliphatic heterocycles. The third-order valence-electron chi connectivity index (χ3n) is 8.93. The number of likely N-dealkylation sites (tertiary alicyclic amines) is 2. The number of hydrogen-bond donors (Lipinski definition) is 3. The molecule has 0 spiro atoms. The first-order valence-electron chi connectivity index (χ1n) is 15.5. The molecule has 0 bridgehead atoms. The third kappa shape index (κ3) is 7.05. The number of carbonyl (C=O) groups excluding carboxylic acids is 3. The lowest BCUT2D eigenvalue weighted by Crippen LogP contribution is -2.59. The summed E-state index contributed by atoms with van der Waals surface area (Å²) in [5, 5.41) is 3.08. The highest BCUT2D eigenvalue weighted by Gasteiger charge is 2.50. The van der Waals surface area contributed by atoms with Crippen LogP contribution in [0.1, 0.15) is 79.6 Å². The fourth-order valence-corrected chi connectivity index (χ4v) is 7.75. The van der Waals surface area contributed by atoms with Gasteiger partial charge in [-0.15, -0.1) is 11.3 Å². The third-order valence-corrected chi connectivity index (χ3v) is 11.0. The summed E-state index contributed by atoms with van der Waals surface area (Å²) in [6, 6.07) is 13.0. The van der Waals surface area contributed by atoms with Crippen LogP contribution < -0.4 is 5.32 Å². The van der Waals surface area contributed by atoms with Crippen molar-refractivity contribution in [3.05, 3.63) is 70.6 Å². The van der Waals surface area contributed by atoms with Crippen molar-refractivity contribution >= 4 is 46.7 Å². The van der Waals surface area contributed by atoms with Crippen LogP contribution in [0.3, 0.4) is 0 Å².